The highest BCUT2D eigenvalue weighted by Gasteiger charge is 2.21. The topological polar surface area (TPSA) is 66.2 Å². The van der Waals surface area contributed by atoms with Gasteiger partial charge in [-0.15, -0.1) is 0 Å². The third-order valence-electron chi connectivity index (χ3n) is 1.80. The fraction of sp³-hybridized carbons (Fsp3) is 0.500. The molecule has 0 spiro atoms. The first-order valence-electron chi connectivity index (χ1n) is 4.13. The monoisotopic (exact) mass is 266 g/mol. The van der Waals surface area contributed by atoms with Crippen LogP contribution in [0.25, 0.3) is 0 Å². The number of hydrogen-bond acceptors (Lipinski definition) is 6. The predicted octanol–water partition coefficient (Wildman–Crippen LogP) is 1.18. The van der Waals surface area contributed by atoms with E-state index in [9.17, 15) is 10.2 Å². The van der Waals surface area contributed by atoms with Gasteiger partial charge in [0.1, 0.15) is 11.3 Å². The molecule has 84 valence electrons. The van der Waals surface area contributed by atoms with Crippen LogP contribution in [0.4, 0.5) is 0 Å². The van der Waals surface area contributed by atoms with Gasteiger partial charge in [0, 0.05) is 17.5 Å². The molecule has 0 bridgehead atoms. The van der Waals surface area contributed by atoms with Gasteiger partial charge >= 0.3 is 0 Å². The van der Waals surface area contributed by atoms with Gasteiger partial charge in [-0.25, -0.2) is 9.97 Å². The van der Waals surface area contributed by atoms with Crippen molar-refractivity contribution >= 4 is 36.0 Å². The molecule has 0 saturated carbocycles. The highest BCUT2D eigenvalue weighted by atomic mass is 35.5. The van der Waals surface area contributed by atoms with Crippen molar-refractivity contribution in [2.45, 2.75) is 17.4 Å². The summed E-state index contributed by atoms with van der Waals surface area (Å²) in [6.45, 7) is 0. The lowest BCUT2D eigenvalue weighted by Crippen LogP contribution is -2.20. The van der Waals surface area contributed by atoms with E-state index in [1.54, 1.807) is 0 Å². The van der Waals surface area contributed by atoms with Crippen molar-refractivity contribution in [2.75, 3.05) is 12.0 Å². The van der Waals surface area contributed by atoms with Crippen molar-refractivity contribution in [2.24, 2.45) is 0 Å². The minimum Gasteiger partial charge on any atom is -0.389 e. The number of thioether (sulfide) groups is 1. The van der Waals surface area contributed by atoms with Crippen LogP contribution in [0.2, 0.25) is 5.15 Å². The summed E-state index contributed by atoms with van der Waals surface area (Å²) in [4.78, 5) is 7.92. The number of hydrogen-bond donors (Lipinski definition) is 3. The molecule has 1 rings (SSSR count). The van der Waals surface area contributed by atoms with E-state index in [0.717, 1.165) is 0 Å². The van der Waals surface area contributed by atoms with Crippen LogP contribution in [0.5, 0.6) is 0 Å². The van der Waals surface area contributed by atoms with Gasteiger partial charge in [-0.3, -0.25) is 0 Å². The molecule has 1 heterocycles. The van der Waals surface area contributed by atoms with E-state index in [1.807, 2.05) is 6.26 Å². The number of aliphatic hydroxyl groups is 2. The van der Waals surface area contributed by atoms with Crippen molar-refractivity contribution in [3.63, 3.8) is 0 Å². The smallest absolute Gasteiger partial charge is 0.188 e. The minimum atomic E-state index is -1.11. The van der Waals surface area contributed by atoms with Gasteiger partial charge in [0.15, 0.2) is 5.16 Å². The fourth-order valence-corrected chi connectivity index (χ4v) is 1.79. The quantitative estimate of drug-likeness (QED) is 0.331. The first-order valence-corrected chi connectivity index (χ1v) is 6.37. The Balaban J connectivity index is 2.95. The van der Waals surface area contributed by atoms with Gasteiger partial charge in [-0.2, -0.15) is 12.6 Å². The number of nitrogens with zero attached hydrogens (tertiary/aromatic N) is 2. The molecule has 0 amide bonds. The van der Waals surface area contributed by atoms with Gasteiger partial charge in [-0.1, -0.05) is 23.4 Å². The van der Waals surface area contributed by atoms with Gasteiger partial charge in [0.2, 0.25) is 0 Å². The van der Waals surface area contributed by atoms with Crippen LogP contribution in [0, 0.1) is 0 Å². The Hall–Kier alpha value is -0.0100. The maximum Gasteiger partial charge on any atom is 0.188 e. The molecule has 2 unspecified atom stereocenters. The van der Waals surface area contributed by atoms with Crippen LogP contribution in [0.3, 0.4) is 0 Å². The lowest BCUT2D eigenvalue weighted by molar-refractivity contribution is 0.0333. The summed E-state index contributed by atoms with van der Waals surface area (Å²) in [6, 6.07) is 0. The number of aromatic nitrogens is 2. The molecular formula is C8H11ClN2O2S2. The van der Waals surface area contributed by atoms with E-state index in [0.29, 0.717) is 10.7 Å². The normalized spacial score (nSPS) is 15.0. The maximum absolute atomic E-state index is 9.66. The maximum atomic E-state index is 9.66. The third kappa shape index (κ3) is 3.22. The molecule has 0 aromatic carbocycles. The molecule has 0 aliphatic heterocycles. The van der Waals surface area contributed by atoms with Crippen LogP contribution in [-0.4, -0.2) is 38.3 Å². The SMILES string of the molecule is CSc1ncc(C(O)C(O)CS)c(Cl)n1. The standard InChI is InChI=1S/C8H11ClN2O2S2/c1-15-8-10-2-4(7(9)11-8)6(13)5(12)3-14/h2,5-6,12-14H,3H2,1H3. The second-order valence-electron chi connectivity index (χ2n) is 2.80. The van der Waals surface area contributed by atoms with Crippen LogP contribution in [-0.2, 0) is 0 Å². The first kappa shape index (κ1) is 13.1. The Labute approximate surface area is 103 Å². The lowest BCUT2D eigenvalue weighted by Gasteiger charge is -2.16. The largest absolute Gasteiger partial charge is 0.389 e. The molecule has 0 aliphatic carbocycles. The molecule has 2 N–H and O–H groups in total. The van der Waals surface area contributed by atoms with Crippen LogP contribution >= 0.6 is 36.0 Å². The second kappa shape index (κ2) is 5.91. The van der Waals surface area contributed by atoms with Gasteiger partial charge < -0.3 is 10.2 Å². The molecule has 4 nitrogen and oxygen atoms in total. The molecule has 2 atom stereocenters. The van der Waals surface area contributed by atoms with E-state index >= 15 is 0 Å². The lowest BCUT2D eigenvalue weighted by atomic mass is 10.1. The molecule has 0 aliphatic rings. The Bertz CT molecular complexity index is 340. The zero-order valence-corrected chi connectivity index (χ0v) is 10.4. The van der Waals surface area contributed by atoms with E-state index in [1.165, 1.54) is 18.0 Å². The van der Waals surface area contributed by atoms with Crippen molar-refractivity contribution < 1.29 is 10.2 Å². The fourth-order valence-electron chi connectivity index (χ4n) is 0.959. The van der Waals surface area contributed by atoms with Gasteiger partial charge in [0.05, 0.1) is 6.10 Å². The summed E-state index contributed by atoms with van der Waals surface area (Å²) in [5, 5.41) is 19.7. The Kier molecular flexibility index (Phi) is 5.14. The highest BCUT2D eigenvalue weighted by molar-refractivity contribution is 7.98. The van der Waals surface area contributed by atoms with Crippen LogP contribution in [0.15, 0.2) is 11.4 Å². The average Bonchev–Trinajstić information content (AvgIpc) is 2.26. The van der Waals surface area contributed by atoms with E-state index < -0.39 is 12.2 Å². The molecule has 0 fully saturated rings. The number of halogens is 1. The molecule has 0 saturated heterocycles. The average molecular weight is 267 g/mol. The Morgan fingerprint density at radius 1 is 1.60 bits per heavy atom. The van der Waals surface area contributed by atoms with E-state index in [2.05, 4.69) is 22.6 Å². The third-order valence-corrected chi connectivity index (χ3v) is 3.04. The van der Waals surface area contributed by atoms with Crippen LogP contribution in [0.1, 0.15) is 11.7 Å². The molecule has 1 aromatic rings. The second-order valence-corrected chi connectivity index (χ2v) is 4.29. The highest BCUT2D eigenvalue weighted by Crippen LogP contribution is 2.25. The zero-order chi connectivity index (χ0) is 11.4. The summed E-state index contributed by atoms with van der Waals surface area (Å²) < 4.78 is 0. The molecular weight excluding hydrogens is 256 g/mol. The number of rotatable bonds is 4. The molecule has 1 aromatic heterocycles. The predicted molar refractivity (Wildman–Crippen MR) is 63.6 cm³/mol. The summed E-state index contributed by atoms with van der Waals surface area (Å²) in [5.74, 6) is 0.141. The molecule has 15 heavy (non-hydrogen) atoms. The van der Waals surface area contributed by atoms with Crippen molar-refractivity contribution in [1.29, 1.82) is 0 Å². The minimum absolute atomic E-state index is 0.141. The van der Waals surface area contributed by atoms with Crippen molar-refractivity contribution in [3.05, 3.63) is 16.9 Å². The summed E-state index contributed by atoms with van der Waals surface area (Å²) in [5.41, 5.74) is 0.316. The van der Waals surface area contributed by atoms with E-state index in [-0.39, 0.29) is 10.9 Å². The first-order chi connectivity index (χ1) is 7.10. The molecule has 0 radical (unpaired) electrons. The Morgan fingerprint density at radius 2 is 2.27 bits per heavy atom. The van der Waals surface area contributed by atoms with Crippen molar-refractivity contribution in [1.82, 2.24) is 9.97 Å². The zero-order valence-electron chi connectivity index (χ0n) is 7.96. The number of aliphatic hydroxyl groups excluding tert-OH is 2. The van der Waals surface area contributed by atoms with Gasteiger partial charge in [0.25, 0.3) is 0 Å². The number of thiol groups is 1. The van der Waals surface area contributed by atoms with Gasteiger partial charge in [-0.05, 0) is 6.26 Å². The summed E-state index contributed by atoms with van der Waals surface area (Å²) >= 11 is 11.1. The summed E-state index contributed by atoms with van der Waals surface area (Å²) in [6.07, 6.45) is 1.16. The summed E-state index contributed by atoms with van der Waals surface area (Å²) in [7, 11) is 0. The van der Waals surface area contributed by atoms with E-state index in [4.69, 9.17) is 11.6 Å². The van der Waals surface area contributed by atoms with Crippen LogP contribution < -0.4 is 0 Å². The molecule has 7 heteroatoms. The van der Waals surface area contributed by atoms with Crippen molar-refractivity contribution in [3.8, 4) is 0 Å². The Morgan fingerprint density at radius 3 is 2.73 bits per heavy atom.